The number of nitrogens with zero attached hydrogens (tertiary/aromatic N) is 1. The Hall–Kier alpha value is -1.32. The van der Waals surface area contributed by atoms with Crippen molar-refractivity contribution < 1.29 is 0 Å². The van der Waals surface area contributed by atoms with Crippen LogP contribution in [-0.2, 0) is 0 Å². The van der Waals surface area contributed by atoms with Crippen molar-refractivity contribution >= 4 is 17.0 Å². The molecule has 0 amide bonds. The third-order valence-corrected chi connectivity index (χ3v) is 5.15. The van der Waals surface area contributed by atoms with E-state index in [1.807, 2.05) is 11.3 Å². The molecule has 0 aliphatic carbocycles. The van der Waals surface area contributed by atoms with Gasteiger partial charge in [0, 0.05) is 23.2 Å². The summed E-state index contributed by atoms with van der Waals surface area (Å²) in [6, 6.07) is 11.3. The van der Waals surface area contributed by atoms with Crippen LogP contribution in [0.1, 0.15) is 42.3 Å². The predicted octanol–water partition coefficient (Wildman–Crippen LogP) is 4.67. The van der Waals surface area contributed by atoms with E-state index in [9.17, 15) is 0 Å². The Kier molecular flexibility index (Phi) is 5.43. The van der Waals surface area contributed by atoms with Gasteiger partial charge < -0.3 is 10.6 Å². The standard InChI is InChI=1S/C18H26N2S/c1-5-16(19)17(18-14(4)10-11-21-18)20(6-2)15-9-7-8-13(3)12-15/h7-12,16-17H,5-6,19H2,1-4H3. The Labute approximate surface area is 132 Å². The molecule has 0 bridgehead atoms. The summed E-state index contributed by atoms with van der Waals surface area (Å²) in [5.74, 6) is 0. The van der Waals surface area contributed by atoms with Crippen molar-refractivity contribution in [1.82, 2.24) is 0 Å². The third kappa shape index (κ3) is 3.47. The van der Waals surface area contributed by atoms with Crippen molar-refractivity contribution in [2.75, 3.05) is 11.4 Å². The lowest BCUT2D eigenvalue weighted by Crippen LogP contribution is -2.41. The Balaban J connectivity index is 2.45. The minimum absolute atomic E-state index is 0.141. The van der Waals surface area contributed by atoms with Gasteiger partial charge in [0.05, 0.1) is 6.04 Å². The zero-order valence-corrected chi connectivity index (χ0v) is 14.3. The highest BCUT2D eigenvalue weighted by atomic mass is 32.1. The average Bonchev–Trinajstić information content (AvgIpc) is 2.89. The molecule has 2 nitrogen and oxygen atoms in total. The topological polar surface area (TPSA) is 29.3 Å². The van der Waals surface area contributed by atoms with E-state index in [4.69, 9.17) is 5.73 Å². The zero-order valence-electron chi connectivity index (χ0n) is 13.5. The second kappa shape index (κ2) is 7.10. The normalized spacial score (nSPS) is 14.0. The first-order valence-corrected chi connectivity index (χ1v) is 8.59. The SMILES string of the molecule is CCC(N)C(c1sccc1C)N(CC)c1cccc(C)c1. The van der Waals surface area contributed by atoms with Gasteiger partial charge in [-0.25, -0.2) is 0 Å². The van der Waals surface area contributed by atoms with Gasteiger partial charge in [-0.15, -0.1) is 11.3 Å². The molecule has 114 valence electrons. The lowest BCUT2D eigenvalue weighted by atomic mass is 9.99. The zero-order chi connectivity index (χ0) is 15.4. The molecule has 3 heteroatoms. The van der Waals surface area contributed by atoms with Crippen LogP contribution >= 0.6 is 11.3 Å². The summed E-state index contributed by atoms with van der Waals surface area (Å²) in [7, 11) is 0. The molecule has 0 radical (unpaired) electrons. The monoisotopic (exact) mass is 302 g/mol. The molecule has 0 aliphatic heterocycles. The lowest BCUT2D eigenvalue weighted by Gasteiger charge is -2.36. The van der Waals surface area contributed by atoms with Gasteiger partial charge >= 0.3 is 0 Å². The van der Waals surface area contributed by atoms with Crippen molar-refractivity contribution in [2.45, 2.75) is 46.2 Å². The number of hydrogen-bond donors (Lipinski definition) is 1. The van der Waals surface area contributed by atoms with Gasteiger partial charge in [-0.05, 0) is 61.9 Å². The van der Waals surface area contributed by atoms with Crippen LogP contribution in [0, 0.1) is 13.8 Å². The van der Waals surface area contributed by atoms with E-state index in [-0.39, 0.29) is 12.1 Å². The molecular formula is C18H26N2S. The molecule has 0 saturated carbocycles. The van der Waals surface area contributed by atoms with E-state index in [2.05, 4.69) is 68.3 Å². The predicted molar refractivity (Wildman–Crippen MR) is 94.3 cm³/mol. The third-order valence-electron chi connectivity index (χ3n) is 4.06. The van der Waals surface area contributed by atoms with Crippen molar-refractivity contribution in [1.29, 1.82) is 0 Å². The van der Waals surface area contributed by atoms with Crippen LogP contribution in [0.25, 0.3) is 0 Å². The van der Waals surface area contributed by atoms with E-state index >= 15 is 0 Å². The number of rotatable bonds is 6. The second-order valence-corrected chi connectivity index (χ2v) is 6.56. The van der Waals surface area contributed by atoms with Crippen LogP contribution < -0.4 is 10.6 Å². The summed E-state index contributed by atoms with van der Waals surface area (Å²) in [6.45, 7) is 9.66. The van der Waals surface area contributed by atoms with Crippen LogP contribution in [-0.4, -0.2) is 12.6 Å². The molecule has 0 fully saturated rings. The maximum Gasteiger partial charge on any atom is 0.0788 e. The molecule has 2 N–H and O–H groups in total. The van der Waals surface area contributed by atoms with E-state index < -0.39 is 0 Å². The summed E-state index contributed by atoms with van der Waals surface area (Å²) in [5.41, 5.74) is 10.4. The van der Waals surface area contributed by atoms with Crippen molar-refractivity contribution in [3.05, 3.63) is 51.7 Å². The fourth-order valence-electron chi connectivity index (χ4n) is 2.82. The Morgan fingerprint density at radius 1 is 1.19 bits per heavy atom. The van der Waals surface area contributed by atoms with Gasteiger partial charge in [0.2, 0.25) is 0 Å². The molecular weight excluding hydrogens is 276 g/mol. The Morgan fingerprint density at radius 2 is 1.95 bits per heavy atom. The van der Waals surface area contributed by atoms with Crippen molar-refractivity contribution in [3.63, 3.8) is 0 Å². The molecule has 2 rings (SSSR count). The maximum absolute atomic E-state index is 6.49. The van der Waals surface area contributed by atoms with Gasteiger partial charge in [0.25, 0.3) is 0 Å². The number of benzene rings is 1. The van der Waals surface area contributed by atoms with Gasteiger partial charge in [0.1, 0.15) is 0 Å². The average molecular weight is 302 g/mol. The quantitative estimate of drug-likeness (QED) is 0.840. The van der Waals surface area contributed by atoms with Crippen molar-refractivity contribution in [2.24, 2.45) is 5.73 Å². The molecule has 21 heavy (non-hydrogen) atoms. The first-order chi connectivity index (χ1) is 10.1. The van der Waals surface area contributed by atoms with Crippen LogP contribution in [0.5, 0.6) is 0 Å². The molecule has 2 unspecified atom stereocenters. The van der Waals surface area contributed by atoms with Crippen molar-refractivity contribution in [3.8, 4) is 0 Å². The summed E-state index contributed by atoms with van der Waals surface area (Å²) < 4.78 is 0. The van der Waals surface area contributed by atoms with Gasteiger partial charge in [0.15, 0.2) is 0 Å². The molecule has 0 aliphatic rings. The van der Waals surface area contributed by atoms with E-state index in [1.165, 1.54) is 21.7 Å². The molecule has 1 heterocycles. The minimum atomic E-state index is 0.141. The highest BCUT2D eigenvalue weighted by Crippen LogP contribution is 2.35. The van der Waals surface area contributed by atoms with Gasteiger partial charge in [-0.2, -0.15) is 0 Å². The largest absolute Gasteiger partial charge is 0.362 e. The first-order valence-electron chi connectivity index (χ1n) is 7.71. The first kappa shape index (κ1) is 16.1. The van der Waals surface area contributed by atoms with E-state index in [0.29, 0.717) is 0 Å². The lowest BCUT2D eigenvalue weighted by molar-refractivity contribution is 0.499. The number of thiophene rings is 1. The Morgan fingerprint density at radius 3 is 2.48 bits per heavy atom. The maximum atomic E-state index is 6.49. The van der Waals surface area contributed by atoms with Crippen LogP contribution in [0.4, 0.5) is 5.69 Å². The molecule has 2 aromatic rings. The van der Waals surface area contributed by atoms with Crippen LogP contribution in [0.3, 0.4) is 0 Å². The highest BCUT2D eigenvalue weighted by Gasteiger charge is 2.27. The molecule has 0 saturated heterocycles. The minimum Gasteiger partial charge on any atom is -0.362 e. The van der Waals surface area contributed by atoms with E-state index in [1.54, 1.807) is 0 Å². The van der Waals surface area contributed by atoms with Crippen LogP contribution in [0.15, 0.2) is 35.7 Å². The second-order valence-electron chi connectivity index (χ2n) is 5.61. The number of likely N-dealkylation sites (N-methyl/N-ethyl adjacent to an activating group) is 1. The van der Waals surface area contributed by atoms with Gasteiger partial charge in [-0.1, -0.05) is 19.1 Å². The number of nitrogens with two attached hydrogens (primary N) is 1. The summed E-state index contributed by atoms with van der Waals surface area (Å²) in [5, 5.41) is 2.17. The Bertz CT molecular complexity index is 576. The summed E-state index contributed by atoms with van der Waals surface area (Å²) in [4.78, 5) is 3.84. The fraction of sp³-hybridized carbons (Fsp3) is 0.444. The number of hydrogen-bond acceptors (Lipinski definition) is 3. The van der Waals surface area contributed by atoms with E-state index in [0.717, 1.165) is 13.0 Å². The molecule has 0 spiro atoms. The summed E-state index contributed by atoms with van der Waals surface area (Å²) >= 11 is 1.82. The number of anilines is 1. The molecule has 1 aromatic carbocycles. The molecule has 2 atom stereocenters. The van der Waals surface area contributed by atoms with Gasteiger partial charge in [-0.3, -0.25) is 0 Å². The van der Waals surface area contributed by atoms with Crippen LogP contribution in [0.2, 0.25) is 0 Å². The highest BCUT2D eigenvalue weighted by molar-refractivity contribution is 7.10. The summed E-state index contributed by atoms with van der Waals surface area (Å²) in [6.07, 6.45) is 0.977. The molecule has 1 aromatic heterocycles. The number of aryl methyl sites for hydroxylation is 2. The smallest absolute Gasteiger partial charge is 0.0788 e. The fourth-order valence-corrected chi connectivity index (χ4v) is 3.94.